The molecule has 19 heavy (non-hydrogen) atoms. The van der Waals surface area contributed by atoms with Crippen LogP contribution in [-0.2, 0) is 14.3 Å². The number of rotatable bonds is 5. The molecule has 1 aliphatic carbocycles. The van der Waals surface area contributed by atoms with Crippen LogP contribution in [0.1, 0.15) is 45.4 Å². The van der Waals surface area contributed by atoms with Gasteiger partial charge in [0.15, 0.2) is 0 Å². The predicted octanol–water partition coefficient (Wildman–Crippen LogP) is 1.07. The topological polar surface area (TPSA) is 58.6 Å². The summed E-state index contributed by atoms with van der Waals surface area (Å²) in [6, 6.07) is -0.215. The van der Waals surface area contributed by atoms with Crippen molar-refractivity contribution in [1.82, 2.24) is 10.2 Å². The molecule has 0 spiro atoms. The van der Waals surface area contributed by atoms with E-state index < -0.39 is 0 Å². The van der Waals surface area contributed by atoms with Crippen molar-refractivity contribution in [3.05, 3.63) is 0 Å². The van der Waals surface area contributed by atoms with Crippen molar-refractivity contribution in [3.63, 3.8) is 0 Å². The maximum atomic E-state index is 12.3. The Kier molecular flexibility index (Phi) is 4.93. The normalized spacial score (nSPS) is 27.1. The highest BCUT2D eigenvalue weighted by molar-refractivity contribution is 6.05. The van der Waals surface area contributed by atoms with Gasteiger partial charge in [-0.15, -0.1) is 0 Å². The molecule has 1 heterocycles. The van der Waals surface area contributed by atoms with Gasteiger partial charge >= 0.3 is 0 Å². The van der Waals surface area contributed by atoms with Crippen LogP contribution in [0.2, 0.25) is 0 Å². The van der Waals surface area contributed by atoms with Crippen LogP contribution in [0, 0.1) is 0 Å². The lowest BCUT2D eigenvalue weighted by Crippen LogP contribution is -2.45. The molecule has 2 aliphatic rings. The van der Waals surface area contributed by atoms with Gasteiger partial charge in [-0.1, -0.05) is 19.3 Å². The Morgan fingerprint density at radius 2 is 2.00 bits per heavy atom. The maximum Gasteiger partial charge on any atom is 0.247 e. The number of ether oxygens (including phenoxy) is 1. The van der Waals surface area contributed by atoms with Gasteiger partial charge in [0.25, 0.3) is 0 Å². The molecule has 5 nitrogen and oxygen atoms in total. The molecular weight excluding hydrogens is 244 g/mol. The number of likely N-dealkylation sites (tertiary alicyclic amines) is 1. The molecule has 1 saturated heterocycles. The van der Waals surface area contributed by atoms with Gasteiger partial charge in [0, 0.05) is 19.7 Å². The summed E-state index contributed by atoms with van der Waals surface area (Å²) in [5, 5.41) is 3.14. The van der Waals surface area contributed by atoms with Gasteiger partial charge in [0.2, 0.25) is 11.8 Å². The quantitative estimate of drug-likeness (QED) is 0.758. The number of nitrogens with zero attached hydrogens (tertiary/aromatic N) is 1. The zero-order valence-corrected chi connectivity index (χ0v) is 11.9. The number of imide groups is 1. The van der Waals surface area contributed by atoms with E-state index >= 15 is 0 Å². The van der Waals surface area contributed by atoms with Crippen molar-refractivity contribution in [1.29, 1.82) is 0 Å². The van der Waals surface area contributed by atoms with E-state index in [0.717, 1.165) is 25.7 Å². The van der Waals surface area contributed by atoms with Crippen LogP contribution in [0.15, 0.2) is 0 Å². The average molecular weight is 268 g/mol. The highest BCUT2D eigenvalue weighted by Crippen LogP contribution is 2.27. The summed E-state index contributed by atoms with van der Waals surface area (Å²) in [5.41, 5.74) is 0. The van der Waals surface area contributed by atoms with E-state index in [9.17, 15) is 9.59 Å². The van der Waals surface area contributed by atoms with E-state index in [1.54, 1.807) is 7.11 Å². The molecule has 2 amide bonds. The Morgan fingerprint density at radius 3 is 2.63 bits per heavy atom. The Labute approximate surface area is 114 Å². The van der Waals surface area contributed by atoms with Gasteiger partial charge in [-0.25, -0.2) is 0 Å². The number of amides is 2. The van der Waals surface area contributed by atoms with E-state index in [1.165, 1.54) is 11.3 Å². The number of carbonyl (C=O) groups excluding carboxylic acids is 2. The summed E-state index contributed by atoms with van der Waals surface area (Å²) >= 11 is 0. The van der Waals surface area contributed by atoms with Crippen LogP contribution >= 0.6 is 0 Å². The first-order valence-electron chi connectivity index (χ1n) is 7.25. The lowest BCUT2D eigenvalue weighted by molar-refractivity contribution is -0.142. The largest absolute Gasteiger partial charge is 0.380 e. The molecule has 0 aromatic rings. The predicted molar refractivity (Wildman–Crippen MR) is 71.6 cm³/mol. The summed E-state index contributed by atoms with van der Waals surface area (Å²) < 4.78 is 5.14. The Morgan fingerprint density at radius 1 is 1.32 bits per heavy atom. The first-order chi connectivity index (χ1) is 9.13. The molecule has 0 bridgehead atoms. The standard InChI is InChI=1S/C14H24N2O3/c1-10(19-2)9-15-12-8-13(17)16(14(12)18)11-6-4-3-5-7-11/h10-12,15H,3-9H2,1-2H3. The molecule has 1 N–H and O–H groups in total. The fourth-order valence-electron chi connectivity index (χ4n) is 2.92. The minimum Gasteiger partial charge on any atom is -0.380 e. The number of hydrogen-bond acceptors (Lipinski definition) is 4. The zero-order valence-electron chi connectivity index (χ0n) is 11.9. The monoisotopic (exact) mass is 268 g/mol. The molecule has 2 unspecified atom stereocenters. The number of methoxy groups -OCH3 is 1. The van der Waals surface area contributed by atoms with Crippen molar-refractivity contribution >= 4 is 11.8 Å². The molecule has 0 aromatic carbocycles. The van der Waals surface area contributed by atoms with Crippen LogP contribution in [-0.4, -0.2) is 48.6 Å². The SMILES string of the molecule is COC(C)CNC1CC(=O)N(C2CCCCC2)C1=O. The molecule has 0 radical (unpaired) electrons. The van der Waals surface area contributed by atoms with E-state index in [4.69, 9.17) is 4.74 Å². The molecule has 2 rings (SSSR count). The van der Waals surface area contributed by atoms with Crippen molar-refractivity contribution < 1.29 is 14.3 Å². The Hall–Kier alpha value is -0.940. The van der Waals surface area contributed by atoms with Crippen LogP contribution in [0.4, 0.5) is 0 Å². The lowest BCUT2D eigenvalue weighted by atomic mass is 9.94. The van der Waals surface area contributed by atoms with E-state index in [1.807, 2.05) is 6.92 Å². The summed E-state index contributed by atoms with van der Waals surface area (Å²) in [4.78, 5) is 25.9. The third-order valence-electron chi connectivity index (χ3n) is 4.18. The first kappa shape index (κ1) is 14.5. The molecule has 108 valence electrons. The minimum absolute atomic E-state index is 0.0144. The van der Waals surface area contributed by atoms with Gasteiger partial charge < -0.3 is 10.1 Å². The minimum atomic E-state index is -0.355. The highest BCUT2D eigenvalue weighted by atomic mass is 16.5. The highest BCUT2D eigenvalue weighted by Gasteiger charge is 2.42. The lowest BCUT2D eigenvalue weighted by Gasteiger charge is -2.29. The molecule has 1 saturated carbocycles. The van der Waals surface area contributed by atoms with Crippen molar-refractivity contribution in [3.8, 4) is 0 Å². The summed E-state index contributed by atoms with van der Waals surface area (Å²) in [6.45, 7) is 2.53. The van der Waals surface area contributed by atoms with Crippen LogP contribution in [0.3, 0.4) is 0 Å². The summed E-state index contributed by atoms with van der Waals surface area (Å²) in [7, 11) is 1.64. The maximum absolute atomic E-state index is 12.3. The summed E-state index contributed by atoms with van der Waals surface area (Å²) in [6.07, 6.45) is 5.76. The van der Waals surface area contributed by atoms with Crippen LogP contribution in [0.5, 0.6) is 0 Å². The molecule has 1 aliphatic heterocycles. The van der Waals surface area contributed by atoms with Crippen molar-refractivity contribution in [2.75, 3.05) is 13.7 Å². The number of carbonyl (C=O) groups is 2. The molecular formula is C14H24N2O3. The van der Waals surface area contributed by atoms with Crippen molar-refractivity contribution in [2.24, 2.45) is 0 Å². The number of hydrogen-bond donors (Lipinski definition) is 1. The van der Waals surface area contributed by atoms with Crippen LogP contribution < -0.4 is 5.32 Å². The van der Waals surface area contributed by atoms with Crippen molar-refractivity contribution in [2.45, 2.75) is 63.6 Å². The van der Waals surface area contributed by atoms with E-state index in [-0.39, 0.29) is 30.0 Å². The molecule has 5 heteroatoms. The fourth-order valence-corrected chi connectivity index (χ4v) is 2.92. The molecule has 2 fully saturated rings. The fraction of sp³-hybridized carbons (Fsp3) is 0.857. The second-order valence-electron chi connectivity index (χ2n) is 5.61. The molecule has 2 atom stereocenters. The number of nitrogens with one attached hydrogen (secondary N) is 1. The third-order valence-corrected chi connectivity index (χ3v) is 4.18. The molecule has 0 aromatic heterocycles. The average Bonchev–Trinajstić information content (AvgIpc) is 2.71. The van der Waals surface area contributed by atoms with Gasteiger partial charge in [0.05, 0.1) is 18.6 Å². The van der Waals surface area contributed by atoms with Gasteiger partial charge in [0.1, 0.15) is 0 Å². The van der Waals surface area contributed by atoms with Gasteiger partial charge in [-0.2, -0.15) is 0 Å². The second kappa shape index (κ2) is 6.48. The third kappa shape index (κ3) is 3.34. The Balaban J connectivity index is 1.92. The van der Waals surface area contributed by atoms with Gasteiger partial charge in [-0.05, 0) is 19.8 Å². The Bertz CT molecular complexity index is 340. The van der Waals surface area contributed by atoms with E-state index in [0.29, 0.717) is 13.0 Å². The summed E-state index contributed by atoms with van der Waals surface area (Å²) in [5.74, 6) is -0.0559. The first-order valence-corrected chi connectivity index (χ1v) is 7.25. The second-order valence-corrected chi connectivity index (χ2v) is 5.61. The van der Waals surface area contributed by atoms with Gasteiger partial charge in [-0.3, -0.25) is 14.5 Å². The van der Waals surface area contributed by atoms with Crippen LogP contribution in [0.25, 0.3) is 0 Å². The smallest absolute Gasteiger partial charge is 0.247 e. The zero-order chi connectivity index (χ0) is 13.8. The van der Waals surface area contributed by atoms with E-state index in [2.05, 4.69) is 5.32 Å².